The van der Waals surface area contributed by atoms with Crippen molar-refractivity contribution in [3.63, 3.8) is 0 Å². The van der Waals surface area contributed by atoms with Gasteiger partial charge in [0.15, 0.2) is 0 Å². The Hall–Kier alpha value is -1.87. The van der Waals surface area contributed by atoms with Crippen LogP contribution in [0.3, 0.4) is 0 Å². The minimum atomic E-state index is -0.965. The van der Waals surface area contributed by atoms with Crippen LogP contribution < -0.4 is 16.4 Å². The van der Waals surface area contributed by atoms with Gasteiger partial charge in [0.2, 0.25) is 5.91 Å². The van der Waals surface area contributed by atoms with E-state index in [1.54, 1.807) is 13.0 Å². The molecule has 54 heavy (non-hydrogen) atoms. The lowest BCUT2D eigenvalue weighted by Gasteiger charge is -2.57. The molecule has 11 nitrogen and oxygen atoms in total. The summed E-state index contributed by atoms with van der Waals surface area (Å²) in [5, 5.41) is 14.2. The Morgan fingerprint density at radius 3 is 2.78 bits per heavy atom. The van der Waals surface area contributed by atoms with E-state index in [-0.39, 0.29) is 89.6 Å². The zero-order valence-corrected chi connectivity index (χ0v) is 34.0. The largest absolute Gasteiger partial charge is 0.462 e. The van der Waals surface area contributed by atoms with Crippen molar-refractivity contribution in [2.24, 2.45) is 47.2 Å². The average Bonchev–Trinajstić information content (AvgIpc) is 3.51. The van der Waals surface area contributed by atoms with Crippen LogP contribution in [0.4, 0.5) is 0 Å². The van der Waals surface area contributed by atoms with Crippen LogP contribution in [0.2, 0.25) is 0 Å². The Morgan fingerprint density at radius 2 is 2.00 bits per heavy atom. The maximum atomic E-state index is 14.4. The molecule has 13 heteroatoms. The summed E-state index contributed by atoms with van der Waals surface area (Å²) in [4.78, 5) is 43.5. The topological polar surface area (TPSA) is 162 Å². The second kappa shape index (κ2) is 15.5. The Labute approximate surface area is 328 Å². The predicted octanol–water partition coefficient (Wildman–Crippen LogP) is 2.06. The predicted molar refractivity (Wildman–Crippen MR) is 207 cm³/mol. The number of hydrogen-bond donors (Lipinski definition) is 4. The lowest BCUT2D eigenvalue weighted by molar-refractivity contribution is -0.706. The second-order valence-electron chi connectivity index (χ2n) is 17.9. The monoisotopic (exact) mass is 786 g/mol. The molecule has 0 aromatic rings. The molecule has 5 saturated heterocycles. The molecule has 1 spiro atoms. The minimum Gasteiger partial charge on any atom is -0.462 e. The average molecular weight is 787 g/mol. The third kappa shape index (κ3) is 6.73. The Kier molecular flexibility index (Phi) is 11.2. The molecule has 1 amide bonds. The number of nitrogens with two attached hydrogens (primary N) is 3. The number of quaternary nitrogens is 2. The number of likely N-dealkylation sites (N-methyl/N-ethyl adjacent to an activating group) is 1. The summed E-state index contributed by atoms with van der Waals surface area (Å²) in [5.74, 6) is 1.36. The van der Waals surface area contributed by atoms with Crippen LogP contribution >= 0.6 is 21.6 Å². The molecular formula is C41H62N4O7S2+2. The number of amides is 1. The first-order valence-electron chi connectivity index (χ1n) is 20.7. The molecule has 298 valence electrons. The van der Waals surface area contributed by atoms with Gasteiger partial charge in [-0.3, -0.25) is 15.3 Å². The SMILES string of the molecule is CC=C(C)C(=O)OC1(C)CC=C2CSSC3C=CC([NH2+]C)C4CN(C(=O)CC5C[NH2+]C(N)CC5C2C12CC1CC5CC(CCCO)C(=O)OC5CC1O2)C34. The number of nitrogens with zero attached hydrogens (tertiary/aromatic N) is 1. The van der Waals surface area contributed by atoms with Gasteiger partial charge in [0.25, 0.3) is 0 Å². The van der Waals surface area contributed by atoms with E-state index in [1.807, 2.05) is 28.5 Å². The van der Waals surface area contributed by atoms with Crippen LogP contribution in [0, 0.1) is 41.4 Å². The first-order chi connectivity index (χ1) is 26.0. The molecule has 8 aliphatic rings. The highest BCUT2D eigenvalue weighted by Crippen LogP contribution is 2.62. The molecule has 5 heterocycles. The molecule has 3 aliphatic carbocycles. The number of fused-ring (bicyclic) bond motifs is 6. The van der Waals surface area contributed by atoms with Gasteiger partial charge in [0.05, 0.1) is 42.8 Å². The van der Waals surface area contributed by atoms with Crippen molar-refractivity contribution in [2.75, 3.05) is 32.5 Å². The van der Waals surface area contributed by atoms with Crippen molar-refractivity contribution in [1.82, 2.24) is 4.90 Å². The molecule has 1 saturated carbocycles. The van der Waals surface area contributed by atoms with Crippen LogP contribution in [0.1, 0.15) is 78.6 Å². The Morgan fingerprint density at radius 1 is 1.17 bits per heavy atom. The Bertz CT molecular complexity index is 1570. The van der Waals surface area contributed by atoms with E-state index in [4.69, 9.17) is 19.9 Å². The molecule has 15 atom stereocenters. The summed E-state index contributed by atoms with van der Waals surface area (Å²) in [6, 6.07) is 0.623. The maximum absolute atomic E-state index is 14.4. The van der Waals surface area contributed by atoms with Crippen molar-refractivity contribution in [1.29, 1.82) is 0 Å². The molecule has 7 N–H and O–H groups in total. The van der Waals surface area contributed by atoms with Gasteiger partial charge in [-0.05, 0) is 76.7 Å². The van der Waals surface area contributed by atoms with E-state index in [0.717, 1.165) is 44.5 Å². The number of carbonyl (C=O) groups is 3. The molecule has 5 aliphatic heterocycles. The van der Waals surface area contributed by atoms with Gasteiger partial charge in [-0.1, -0.05) is 45.4 Å². The fraction of sp³-hybridized carbons (Fsp3) is 0.780. The van der Waals surface area contributed by atoms with Gasteiger partial charge in [-0.25, -0.2) is 4.79 Å². The van der Waals surface area contributed by atoms with E-state index in [2.05, 4.69) is 47.7 Å². The van der Waals surface area contributed by atoms with E-state index < -0.39 is 11.2 Å². The first kappa shape index (κ1) is 39.0. The number of hydrogen-bond acceptors (Lipinski definition) is 10. The van der Waals surface area contributed by atoms with E-state index >= 15 is 0 Å². The fourth-order valence-corrected chi connectivity index (χ4v) is 14.9. The van der Waals surface area contributed by atoms with Crippen LogP contribution in [0.5, 0.6) is 0 Å². The van der Waals surface area contributed by atoms with Gasteiger partial charge < -0.3 is 34.9 Å². The quantitative estimate of drug-likeness (QED) is 0.136. The highest BCUT2D eigenvalue weighted by atomic mass is 33.1. The van der Waals surface area contributed by atoms with E-state index in [0.29, 0.717) is 49.6 Å². The van der Waals surface area contributed by atoms with Gasteiger partial charge >= 0.3 is 11.9 Å². The molecule has 0 bridgehead atoms. The summed E-state index contributed by atoms with van der Waals surface area (Å²) in [6.07, 6.45) is 14.4. The number of aliphatic hydroxyl groups excluding tert-OH is 1. The summed E-state index contributed by atoms with van der Waals surface area (Å²) in [5.41, 5.74) is 6.91. The molecule has 0 aromatic heterocycles. The number of ether oxygens (including phenoxy) is 3. The Balaban J connectivity index is 1.17. The van der Waals surface area contributed by atoms with Gasteiger partial charge in [-0.2, -0.15) is 0 Å². The zero-order chi connectivity index (χ0) is 37.9. The van der Waals surface area contributed by atoms with Crippen LogP contribution in [-0.2, 0) is 28.6 Å². The normalized spacial score (nSPS) is 46.0. The lowest BCUT2D eigenvalue weighted by Crippen LogP contribution is -2.96. The van der Waals surface area contributed by atoms with Gasteiger partial charge in [0, 0.05) is 62.0 Å². The number of esters is 2. The van der Waals surface area contributed by atoms with Gasteiger partial charge in [-0.15, -0.1) is 0 Å². The van der Waals surface area contributed by atoms with E-state index in [1.165, 1.54) is 5.57 Å². The van der Waals surface area contributed by atoms with E-state index in [9.17, 15) is 19.5 Å². The molecule has 0 radical (unpaired) electrons. The van der Waals surface area contributed by atoms with Crippen LogP contribution in [-0.4, -0.2) is 107 Å². The summed E-state index contributed by atoms with van der Waals surface area (Å²) in [7, 11) is 5.92. The van der Waals surface area contributed by atoms with Crippen molar-refractivity contribution < 1.29 is 44.3 Å². The molecule has 15 unspecified atom stereocenters. The highest BCUT2D eigenvalue weighted by molar-refractivity contribution is 8.77. The number of carbonyl (C=O) groups excluding carboxylic acids is 3. The van der Waals surface area contributed by atoms with Crippen LogP contribution in [0.25, 0.3) is 0 Å². The highest BCUT2D eigenvalue weighted by Gasteiger charge is 2.68. The molecule has 8 rings (SSSR count). The second-order valence-corrected chi connectivity index (χ2v) is 20.4. The molecule has 6 fully saturated rings. The van der Waals surface area contributed by atoms with Crippen LogP contribution in [0.15, 0.2) is 35.5 Å². The molecule has 0 aromatic carbocycles. The standard InChI is InChI=1S/C41H60N4O7S2/c1-5-22(2)38(48)52-40(3)11-10-24-21-53-54-33-9-8-30(43-4)29-20-45(37(29)33)35(47)15-27-19-44-34(42)16-28(27)36(24)41(40)18-26-14-25-13-23(7-6-12-46)39(49)50-31(25)17-32(26)51-41/h5,8-10,23,25-34,36-37,43-44,46H,6-7,11-21,42H2,1-4H3/p+2. The third-order valence-electron chi connectivity index (χ3n) is 15.0. The number of piperidine rings is 1. The zero-order valence-electron chi connectivity index (χ0n) is 32.4. The number of allylic oxidation sites excluding steroid dienone is 1. The number of aliphatic hydroxyl groups is 1. The summed E-state index contributed by atoms with van der Waals surface area (Å²) < 4.78 is 20.5. The minimum absolute atomic E-state index is 0.0605. The van der Waals surface area contributed by atoms with Crippen molar-refractivity contribution in [3.8, 4) is 0 Å². The summed E-state index contributed by atoms with van der Waals surface area (Å²) >= 11 is 0. The molecular weight excluding hydrogens is 725 g/mol. The lowest BCUT2D eigenvalue weighted by atomic mass is 9.56. The first-order valence-corrected chi connectivity index (χ1v) is 23.1. The van der Waals surface area contributed by atoms with Crippen molar-refractivity contribution >= 4 is 39.4 Å². The summed E-state index contributed by atoms with van der Waals surface area (Å²) in [6.45, 7) is 7.40. The van der Waals surface area contributed by atoms with Gasteiger partial charge in [0.1, 0.15) is 29.5 Å². The number of rotatable bonds is 6. The smallest absolute Gasteiger partial charge is 0.334 e. The van der Waals surface area contributed by atoms with Crippen molar-refractivity contribution in [2.45, 2.75) is 125 Å². The maximum Gasteiger partial charge on any atom is 0.334 e. The third-order valence-corrected chi connectivity index (χ3v) is 17.7. The fourth-order valence-electron chi connectivity index (χ4n) is 12.0. The van der Waals surface area contributed by atoms with Crippen molar-refractivity contribution in [3.05, 3.63) is 35.5 Å².